The third-order valence-corrected chi connectivity index (χ3v) is 4.04. The van der Waals surface area contributed by atoms with E-state index in [0.29, 0.717) is 35.2 Å². The zero-order chi connectivity index (χ0) is 20.6. The lowest BCUT2D eigenvalue weighted by Crippen LogP contribution is -2.43. The number of carbonyl (C=O) groups is 2. The smallest absolute Gasteiger partial charge is 0.276 e. The molecule has 7 nitrogen and oxygen atoms in total. The van der Waals surface area contributed by atoms with Crippen molar-refractivity contribution in [2.45, 2.75) is 20.5 Å². The SMILES string of the molecule is Cc1cc(C(=O)NNC(=O)COc2ccc(OCc3ccccc3)cc2)c(C)o1. The summed E-state index contributed by atoms with van der Waals surface area (Å²) in [5, 5.41) is 0. The first-order valence-electron chi connectivity index (χ1n) is 9.07. The van der Waals surface area contributed by atoms with E-state index in [1.165, 1.54) is 0 Å². The Morgan fingerprint density at radius 3 is 2.17 bits per heavy atom. The molecule has 7 heteroatoms. The standard InChI is InChI=1S/C22H22N2O5/c1-15-12-20(16(2)29-15)22(26)24-23-21(25)14-28-19-10-8-18(9-11-19)27-13-17-6-4-3-5-7-17/h3-12H,13-14H2,1-2H3,(H,23,25)(H,24,26). The van der Waals surface area contributed by atoms with Gasteiger partial charge in [0, 0.05) is 0 Å². The number of nitrogens with one attached hydrogen (secondary N) is 2. The lowest BCUT2D eigenvalue weighted by atomic mass is 10.2. The molecule has 2 N–H and O–H groups in total. The quantitative estimate of drug-likeness (QED) is 0.600. The highest BCUT2D eigenvalue weighted by atomic mass is 16.5. The lowest BCUT2D eigenvalue weighted by Gasteiger charge is -2.10. The van der Waals surface area contributed by atoms with Crippen molar-refractivity contribution in [3.63, 3.8) is 0 Å². The third-order valence-electron chi connectivity index (χ3n) is 4.04. The highest BCUT2D eigenvalue weighted by Gasteiger charge is 2.14. The summed E-state index contributed by atoms with van der Waals surface area (Å²) in [5.74, 6) is 1.38. The van der Waals surface area contributed by atoms with Crippen molar-refractivity contribution in [3.05, 3.63) is 83.3 Å². The molecule has 2 amide bonds. The van der Waals surface area contributed by atoms with Crippen LogP contribution in [0.2, 0.25) is 0 Å². The molecule has 150 valence electrons. The molecule has 0 spiro atoms. The maximum absolute atomic E-state index is 12.0. The molecule has 0 saturated carbocycles. The Bertz CT molecular complexity index is 965. The van der Waals surface area contributed by atoms with Crippen molar-refractivity contribution in [1.29, 1.82) is 0 Å². The van der Waals surface area contributed by atoms with E-state index in [0.717, 1.165) is 5.56 Å². The van der Waals surface area contributed by atoms with Gasteiger partial charge in [-0.25, -0.2) is 0 Å². The number of carbonyl (C=O) groups excluding carboxylic acids is 2. The molecule has 0 saturated heterocycles. The van der Waals surface area contributed by atoms with Crippen molar-refractivity contribution in [2.75, 3.05) is 6.61 Å². The van der Waals surface area contributed by atoms with Gasteiger partial charge in [-0.1, -0.05) is 30.3 Å². The van der Waals surface area contributed by atoms with Crippen molar-refractivity contribution < 1.29 is 23.5 Å². The molecule has 0 unspecified atom stereocenters. The van der Waals surface area contributed by atoms with E-state index in [2.05, 4.69) is 10.9 Å². The van der Waals surface area contributed by atoms with Gasteiger partial charge in [-0.3, -0.25) is 20.4 Å². The topological polar surface area (TPSA) is 89.8 Å². The van der Waals surface area contributed by atoms with Gasteiger partial charge in [0.2, 0.25) is 0 Å². The monoisotopic (exact) mass is 394 g/mol. The van der Waals surface area contributed by atoms with Gasteiger partial charge < -0.3 is 13.9 Å². The summed E-state index contributed by atoms with van der Waals surface area (Å²) in [6.07, 6.45) is 0. The van der Waals surface area contributed by atoms with E-state index in [4.69, 9.17) is 13.9 Å². The molecule has 0 aliphatic carbocycles. The Morgan fingerprint density at radius 1 is 0.897 bits per heavy atom. The zero-order valence-electron chi connectivity index (χ0n) is 16.2. The Hall–Kier alpha value is -3.74. The first kappa shape index (κ1) is 20.0. The largest absolute Gasteiger partial charge is 0.489 e. The van der Waals surface area contributed by atoms with E-state index in [-0.39, 0.29) is 6.61 Å². The molecule has 1 aromatic heterocycles. The van der Waals surface area contributed by atoms with Crippen LogP contribution < -0.4 is 20.3 Å². The van der Waals surface area contributed by atoms with Crippen molar-refractivity contribution >= 4 is 11.8 Å². The number of amides is 2. The summed E-state index contributed by atoms with van der Waals surface area (Å²) in [7, 11) is 0. The fraction of sp³-hybridized carbons (Fsp3) is 0.182. The van der Waals surface area contributed by atoms with Crippen LogP contribution in [0.1, 0.15) is 27.4 Å². The number of hydrogen-bond acceptors (Lipinski definition) is 5. The third kappa shape index (κ3) is 5.87. The van der Waals surface area contributed by atoms with E-state index < -0.39 is 11.8 Å². The molecule has 0 aliphatic heterocycles. The molecule has 3 rings (SSSR count). The highest BCUT2D eigenvalue weighted by molar-refractivity contribution is 5.96. The molecule has 0 radical (unpaired) electrons. The van der Waals surface area contributed by atoms with Gasteiger partial charge in [0.1, 0.15) is 29.6 Å². The second kappa shape index (κ2) is 9.45. The number of hydrogen-bond donors (Lipinski definition) is 2. The van der Waals surface area contributed by atoms with Crippen LogP contribution in [0.4, 0.5) is 0 Å². The van der Waals surface area contributed by atoms with Gasteiger partial charge in [-0.2, -0.15) is 0 Å². The molecule has 29 heavy (non-hydrogen) atoms. The number of benzene rings is 2. The van der Waals surface area contributed by atoms with Gasteiger partial charge >= 0.3 is 0 Å². The van der Waals surface area contributed by atoms with Crippen molar-refractivity contribution in [1.82, 2.24) is 10.9 Å². The van der Waals surface area contributed by atoms with E-state index in [1.807, 2.05) is 30.3 Å². The first-order valence-corrected chi connectivity index (χ1v) is 9.07. The minimum absolute atomic E-state index is 0.242. The molecule has 0 bridgehead atoms. The van der Waals surface area contributed by atoms with Gasteiger partial charge in [-0.15, -0.1) is 0 Å². The molecular weight excluding hydrogens is 372 g/mol. The first-order chi connectivity index (χ1) is 14.0. The number of ether oxygens (including phenoxy) is 2. The maximum Gasteiger partial charge on any atom is 0.276 e. The molecule has 0 atom stereocenters. The van der Waals surface area contributed by atoms with Crippen LogP contribution in [0, 0.1) is 13.8 Å². The number of aryl methyl sites for hydroxylation is 2. The fourth-order valence-electron chi connectivity index (χ4n) is 2.61. The van der Waals surface area contributed by atoms with Crippen LogP contribution in [0.25, 0.3) is 0 Å². The summed E-state index contributed by atoms with van der Waals surface area (Å²) < 4.78 is 16.4. The maximum atomic E-state index is 12.0. The van der Waals surface area contributed by atoms with Gasteiger partial charge in [0.15, 0.2) is 6.61 Å². The Kier molecular flexibility index (Phi) is 6.52. The summed E-state index contributed by atoms with van der Waals surface area (Å²) in [4.78, 5) is 23.9. The predicted molar refractivity (Wildman–Crippen MR) is 107 cm³/mol. The minimum Gasteiger partial charge on any atom is -0.489 e. The Labute approximate surface area is 168 Å². The number of furan rings is 1. The summed E-state index contributed by atoms with van der Waals surface area (Å²) in [5.41, 5.74) is 6.09. The fourth-order valence-corrected chi connectivity index (χ4v) is 2.61. The number of hydrazine groups is 1. The normalized spacial score (nSPS) is 10.3. The molecule has 2 aromatic carbocycles. The van der Waals surface area contributed by atoms with Crippen LogP contribution >= 0.6 is 0 Å². The Morgan fingerprint density at radius 2 is 1.55 bits per heavy atom. The van der Waals surface area contributed by atoms with Crippen LogP contribution in [0.3, 0.4) is 0 Å². The average Bonchev–Trinajstić information content (AvgIpc) is 3.08. The van der Waals surface area contributed by atoms with E-state index >= 15 is 0 Å². The van der Waals surface area contributed by atoms with Crippen LogP contribution in [-0.2, 0) is 11.4 Å². The molecular formula is C22H22N2O5. The van der Waals surface area contributed by atoms with E-state index in [9.17, 15) is 9.59 Å². The lowest BCUT2D eigenvalue weighted by molar-refractivity contribution is -0.123. The van der Waals surface area contributed by atoms with Crippen molar-refractivity contribution in [3.8, 4) is 11.5 Å². The van der Waals surface area contributed by atoms with Crippen LogP contribution in [-0.4, -0.2) is 18.4 Å². The van der Waals surface area contributed by atoms with Gasteiger partial charge in [0.05, 0.1) is 5.56 Å². The number of rotatable bonds is 7. The van der Waals surface area contributed by atoms with Crippen molar-refractivity contribution in [2.24, 2.45) is 0 Å². The summed E-state index contributed by atoms with van der Waals surface area (Å²) >= 11 is 0. The predicted octanol–water partition coefficient (Wildman–Crippen LogP) is 3.32. The molecule has 0 fully saturated rings. The summed E-state index contributed by atoms with van der Waals surface area (Å²) in [6.45, 7) is 3.65. The van der Waals surface area contributed by atoms with Crippen LogP contribution in [0.15, 0.2) is 65.1 Å². The second-order valence-electron chi connectivity index (χ2n) is 6.36. The van der Waals surface area contributed by atoms with Crippen LogP contribution in [0.5, 0.6) is 11.5 Å². The Balaban J connectivity index is 1.40. The summed E-state index contributed by atoms with van der Waals surface area (Å²) in [6, 6.07) is 18.4. The molecule has 3 aromatic rings. The minimum atomic E-state index is -0.486. The van der Waals surface area contributed by atoms with Gasteiger partial charge in [-0.05, 0) is 49.7 Å². The highest BCUT2D eigenvalue weighted by Crippen LogP contribution is 2.18. The average molecular weight is 394 g/mol. The van der Waals surface area contributed by atoms with Gasteiger partial charge in [0.25, 0.3) is 11.8 Å². The molecule has 1 heterocycles. The molecule has 0 aliphatic rings. The zero-order valence-corrected chi connectivity index (χ0v) is 16.2. The van der Waals surface area contributed by atoms with E-state index in [1.54, 1.807) is 44.2 Å². The second-order valence-corrected chi connectivity index (χ2v) is 6.36.